The molecule has 4 nitrogen and oxygen atoms in total. The quantitative estimate of drug-likeness (QED) is 0.878. The molecule has 1 amide bonds. The van der Waals surface area contributed by atoms with Crippen LogP contribution in [0, 0.1) is 5.92 Å². The fourth-order valence-electron chi connectivity index (χ4n) is 1.99. The van der Waals surface area contributed by atoms with Crippen molar-refractivity contribution >= 4 is 29.1 Å². The highest BCUT2D eigenvalue weighted by molar-refractivity contribution is 6.42. The molecule has 1 aromatic carbocycles. The molecule has 1 unspecified atom stereocenters. The smallest absolute Gasteiger partial charge is 0.255 e. The number of halogens is 2. The van der Waals surface area contributed by atoms with E-state index in [1.807, 2.05) is 0 Å². The summed E-state index contributed by atoms with van der Waals surface area (Å²) in [4.78, 5) is 12.2. The zero-order valence-corrected chi connectivity index (χ0v) is 12.1. The first-order valence-electron chi connectivity index (χ1n) is 6.10. The van der Waals surface area contributed by atoms with Crippen LogP contribution in [0.1, 0.15) is 23.2 Å². The van der Waals surface area contributed by atoms with E-state index in [1.54, 1.807) is 0 Å². The molecule has 1 saturated carbocycles. The van der Waals surface area contributed by atoms with E-state index in [0.717, 1.165) is 12.8 Å². The second-order valence-electron chi connectivity index (χ2n) is 4.62. The number of nitrogens with two attached hydrogens (primary N) is 1. The van der Waals surface area contributed by atoms with Crippen molar-refractivity contribution in [2.45, 2.75) is 18.9 Å². The zero-order chi connectivity index (χ0) is 14.0. The van der Waals surface area contributed by atoms with Crippen LogP contribution in [0.25, 0.3) is 0 Å². The molecule has 0 radical (unpaired) electrons. The number of carbonyl (C=O) groups excluding carboxylic acids is 1. The Balaban J connectivity index is 2.19. The lowest BCUT2D eigenvalue weighted by Crippen LogP contribution is -2.41. The Labute approximate surface area is 122 Å². The summed E-state index contributed by atoms with van der Waals surface area (Å²) in [6, 6.07) is 3.05. The summed E-state index contributed by atoms with van der Waals surface area (Å²) in [6.07, 6.45) is 2.22. The normalized spacial score (nSPS) is 16.0. The Morgan fingerprint density at radius 2 is 2.11 bits per heavy atom. The second kappa shape index (κ2) is 5.99. The van der Waals surface area contributed by atoms with Gasteiger partial charge in [0.2, 0.25) is 0 Å². The monoisotopic (exact) mass is 302 g/mol. The van der Waals surface area contributed by atoms with Gasteiger partial charge in [0, 0.05) is 18.7 Å². The highest BCUT2D eigenvalue weighted by Gasteiger charge is 2.32. The molecule has 1 aliphatic rings. The topological polar surface area (TPSA) is 64.3 Å². The Bertz CT molecular complexity index is 490. The SMILES string of the molecule is COc1cc(Cl)c(Cl)cc1C(=O)NC(CN)C1CC1. The van der Waals surface area contributed by atoms with Crippen molar-refractivity contribution in [3.63, 3.8) is 0 Å². The maximum absolute atomic E-state index is 12.2. The van der Waals surface area contributed by atoms with Gasteiger partial charge in [0.25, 0.3) is 5.91 Å². The van der Waals surface area contributed by atoms with Gasteiger partial charge >= 0.3 is 0 Å². The predicted octanol–water partition coefficient (Wildman–Crippen LogP) is 2.47. The first-order chi connectivity index (χ1) is 9.06. The maximum atomic E-state index is 12.2. The summed E-state index contributed by atoms with van der Waals surface area (Å²) in [5, 5.41) is 3.60. The van der Waals surface area contributed by atoms with Crippen LogP contribution < -0.4 is 15.8 Å². The third-order valence-electron chi connectivity index (χ3n) is 3.25. The summed E-state index contributed by atoms with van der Waals surface area (Å²) in [5.41, 5.74) is 6.04. The summed E-state index contributed by atoms with van der Waals surface area (Å²) in [6.45, 7) is 0.431. The van der Waals surface area contributed by atoms with Crippen molar-refractivity contribution in [1.29, 1.82) is 0 Å². The number of amides is 1. The van der Waals surface area contributed by atoms with Gasteiger partial charge in [-0.25, -0.2) is 0 Å². The van der Waals surface area contributed by atoms with Crippen LogP contribution in [0.3, 0.4) is 0 Å². The molecule has 0 aromatic heterocycles. The van der Waals surface area contributed by atoms with E-state index >= 15 is 0 Å². The molecule has 104 valence electrons. The summed E-state index contributed by atoms with van der Waals surface area (Å²) >= 11 is 11.8. The van der Waals surface area contributed by atoms with E-state index in [4.69, 9.17) is 33.7 Å². The Morgan fingerprint density at radius 1 is 1.47 bits per heavy atom. The van der Waals surface area contributed by atoms with E-state index in [1.165, 1.54) is 19.2 Å². The molecule has 0 spiro atoms. The van der Waals surface area contributed by atoms with Crippen LogP contribution in [0.5, 0.6) is 5.75 Å². The van der Waals surface area contributed by atoms with Crippen molar-refractivity contribution in [1.82, 2.24) is 5.32 Å². The molecule has 0 aliphatic heterocycles. The van der Waals surface area contributed by atoms with Crippen LogP contribution in [0.15, 0.2) is 12.1 Å². The van der Waals surface area contributed by atoms with Crippen LogP contribution in [-0.4, -0.2) is 25.6 Å². The van der Waals surface area contributed by atoms with Crippen LogP contribution in [-0.2, 0) is 0 Å². The summed E-state index contributed by atoms with van der Waals surface area (Å²) in [7, 11) is 1.48. The van der Waals surface area contributed by atoms with Gasteiger partial charge in [-0.1, -0.05) is 23.2 Å². The van der Waals surface area contributed by atoms with Crippen LogP contribution in [0.2, 0.25) is 10.0 Å². The largest absolute Gasteiger partial charge is 0.496 e. The molecule has 0 heterocycles. The predicted molar refractivity (Wildman–Crippen MR) is 76.0 cm³/mol. The Morgan fingerprint density at radius 3 is 2.63 bits per heavy atom. The number of hydrogen-bond acceptors (Lipinski definition) is 3. The van der Waals surface area contributed by atoms with Gasteiger partial charge in [-0.2, -0.15) is 0 Å². The van der Waals surface area contributed by atoms with E-state index in [0.29, 0.717) is 33.8 Å². The lowest BCUT2D eigenvalue weighted by Gasteiger charge is -2.17. The Kier molecular flexibility index (Phi) is 4.55. The first kappa shape index (κ1) is 14.4. The zero-order valence-electron chi connectivity index (χ0n) is 10.6. The number of benzene rings is 1. The van der Waals surface area contributed by atoms with Crippen molar-refractivity contribution < 1.29 is 9.53 Å². The van der Waals surface area contributed by atoms with Gasteiger partial charge in [-0.3, -0.25) is 4.79 Å². The molecule has 1 aliphatic carbocycles. The van der Waals surface area contributed by atoms with Crippen LogP contribution >= 0.6 is 23.2 Å². The first-order valence-corrected chi connectivity index (χ1v) is 6.86. The summed E-state index contributed by atoms with van der Waals surface area (Å²) in [5.74, 6) is 0.652. The fourth-order valence-corrected chi connectivity index (χ4v) is 2.31. The fraction of sp³-hybridized carbons (Fsp3) is 0.462. The second-order valence-corrected chi connectivity index (χ2v) is 5.43. The number of hydrogen-bond donors (Lipinski definition) is 2. The molecular formula is C13H16Cl2N2O2. The standard InChI is InChI=1S/C13H16Cl2N2O2/c1-19-12-5-10(15)9(14)4-8(12)13(18)17-11(6-16)7-2-3-7/h4-5,7,11H,2-3,6,16H2,1H3,(H,17,18). The number of methoxy groups -OCH3 is 1. The van der Waals surface area contributed by atoms with Gasteiger partial charge in [0.15, 0.2) is 0 Å². The minimum Gasteiger partial charge on any atom is -0.496 e. The molecule has 1 atom stereocenters. The van der Waals surface area contributed by atoms with E-state index in [-0.39, 0.29) is 11.9 Å². The Hall–Kier alpha value is -0.970. The van der Waals surface area contributed by atoms with Crippen molar-refractivity contribution in [2.75, 3.05) is 13.7 Å². The van der Waals surface area contributed by atoms with Gasteiger partial charge in [0.05, 0.1) is 22.7 Å². The average molecular weight is 303 g/mol. The molecule has 1 fully saturated rings. The number of nitrogens with one attached hydrogen (secondary N) is 1. The van der Waals surface area contributed by atoms with E-state index in [2.05, 4.69) is 5.32 Å². The molecule has 1 aromatic rings. The van der Waals surface area contributed by atoms with Crippen molar-refractivity contribution in [2.24, 2.45) is 11.7 Å². The maximum Gasteiger partial charge on any atom is 0.255 e. The highest BCUT2D eigenvalue weighted by atomic mass is 35.5. The number of ether oxygens (including phenoxy) is 1. The lowest BCUT2D eigenvalue weighted by molar-refractivity contribution is 0.0930. The molecule has 0 saturated heterocycles. The van der Waals surface area contributed by atoms with Crippen LogP contribution in [0.4, 0.5) is 0 Å². The van der Waals surface area contributed by atoms with E-state index < -0.39 is 0 Å². The molecule has 3 N–H and O–H groups in total. The summed E-state index contributed by atoms with van der Waals surface area (Å²) < 4.78 is 5.16. The third kappa shape index (κ3) is 3.32. The van der Waals surface area contributed by atoms with Gasteiger partial charge in [-0.15, -0.1) is 0 Å². The number of carbonyl (C=O) groups is 1. The van der Waals surface area contributed by atoms with Crippen molar-refractivity contribution in [3.05, 3.63) is 27.7 Å². The average Bonchev–Trinajstić information content (AvgIpc) is 3.22. The lowest BCUT2D eigenvalue weighted by atomic mass is 10.1. The molecule has 6 heteroatoms. The van der Waals surface area contributed by atoms with Gasteiger partial charge in [-0.05, 0) is 24.8 Å². The number of rotatable bonds is 5. The molecule has 2 rings (SSSR count). The van der Waals surface area contributed by atoms with E-state index in [9.17, 15) is 4.79 Å². The van der Waals surface area contributed by atoms with Gasteiger partial charge < -0.3 is 15.8 Å². The minimum absolute atomic E-state index is 0.00617. The minimum atomic E-state index is -0.238. The molecule has 19 heavy (non-hydrogen) atoms. The third-order valence-corrected chi connectivity index (χ3v) is 3.97. The van der Waals surface area contributed by atoms with Crippen molar-refractivity contribution in [3.8, 4) is 5.75 Å². The molecule has 0 bridgehead atoms. The molecular weight excluding hydrogens is 287 g/mol. The highest BCUT2D eigenvalue weighted by Crippen LogP contribution is 2.33. The van der Waals surface area contributed by atoms with Gasteiger partial charge in [0.1, 0.15) is 5.75 Å².